The van der Waals surface area contributed by atoms with Gasteiger partial charge >= 0.3 is 6.03 Å². The third kappa shape index (κ3) is 8.09. The zero-order valence-electron chi connectivity index (χ0n) is 32.9. The Balaban J connectivity index is 1.62. The second kappa shape index (κ2) is 15.4. The first-order valence-corrected chi connectivity index (χ1v) is 21.2. The molecule has 1 heterocycles. The summed E-state index contributed by atoms with van der Waals surface area (Å²) in [6.45, 7) is 18.9. The number of likely N-dealkylation sites (tertiary alicyclic amines) is 1. The van der Waals surface area contributed by atoms with Crippen molar-refractivity contribution in [2.75, 3.05) is 18.8 Å². The molecule has 4 N–H and O–H groups in total. The van der Waals surface area contributed by atoms with Gasteiger partial charge in [0, 0.05) is 18.5 Å². The lowest BCUT2D eigenvalue weighted by Crippen LogP contribution is -2.64. The topological polar surface area (TPSA) is 171 Å². The molecule has 1 aliphatic heterocycles. The van der Waals surface area contributed by atoms with Crippen LogP contribution in [-0.4, -0.2) is 89.6 Å². The summed E-state index contributed by atoms with van der Waals surface area (Å²) in [7, 11) is -3.58. The smallest absolute Gasteiger partial charge is 0.315 e. The van der Waals surface area contributed by atoms with Crippen LogP contribution in [0, 0.1) is 22.7 Å². The Kier molecular flexibility index (Phi) is 12.4. The Bertz CT molecular complexity index is 1510. The Morgan fingerprint density at radius 3 is 2.12 bits per heavy atom. The average molecular weight is 748 g/mol. The third-order valence-corrected chi connectivity index (χ3v) is 15.8. The van der Waals surface area contributed by atoms with Crippen LogP contribution < -0.4 is 21.3 Å². The van der Waals surface area contributed by atoms with Gasteiger partial charge in [0.25, 0.3) is 5.91 Å². The summed E-state index contributed by atoms with van der Waals surface area (Å²) in [5.41, 5.74) is -3.47. The predicted octanol–water partition coefficient (Wildman–Crippen LogP) is 4.57. The molecule has 13 heteroatoms. The largest absolute Gasteiger partial charge is 0.346 e. The Labute approximate surface area is 311 Å². The molecule has 294 valence electrons. The summed E-state index contributed by atoms with van der Waals surface area (Å²) in [5.74, 6) is -2.24. The molecule has 4 fully saturated rings. The van der Waals surface area contributed by atoms with E-state index in [-0.39, 0.29) is 24.1 Å². The van der Waals surface area contributed by atoms with E-state index >= 15 is 0 Å². The van der Waals surface area contributed by atoms with Gasteiger partial charge in [-0.3, -0.25) is 19.2 Å². The van der Waals surface area contributed by atoms with Gasteiger partial charge < -0.3 is 26.2 Å². The fraction of sp³-hybridized carbons (Fsp3) is 0.821. The van der Waals surface area contributed by atoms with Gasteiger partial charge in [-0.05, 0) is 69.6 Å². The molecule has 5 amide bonds. The lowest BCUT2D eigenvalue weighted by molar-refractivity contribution is -0.146. The number of urea groups is 1. The van der Waals surface area contributed by atoms with Crippen LogP contribution in [-0.2, 0) is 29.0 Å². The maximum atomic E-state index is 14.9. The van der Waals surface area contributed by atoms with Crippen LogP contribution in [0.4, 0.5) is 4.79 Å². The normalized spacial score (nSPS) is 26.7. The van der Waals surface area contributed by atoms with Crippen LogP contribution in [0.2, 0.25) is 0 Å². The van der Waals surface area contributed by atoms with Crippen LogP contribution in [0.1, 0.15) is 132 Å². The van der Waals surface area contributed by atoms with Crippen molar-refractivity contribution in [3.05, 3.63) is 12.7 Å². The molecule has 0 aromatic carbocycles. The average Bonchev–Trinajstić information content (AvgIpc) is 4.00. The number of amides is 5. The number of carbonyl (C=O) groups is 5. The molecule has 4 unspecified atom stereocenters. The molecule has 0 aromatic heterocycles. The summed E-state index contributed by atoms with van der Waals surface area (Å²) in [6, 6.07) is -2.67. The molecule has 1 saturated heterocycles. The van der Waals surface area contributed by atoms with Crippen LogP contribution in [0.5, 0.6) is 0 Å². The van der Waals surface area contributed by atoms with Gasteiger partial charge in [0.2, 0.25) is 17.6 Å². The van der Waals surface area contributed by atoms with Crippen molar-refractivity contribution in [2.24, 2.45) is 22.7 Å². The number of carbonyl (C=O) groups excluding carboxylic acids is 5. The van der Waals surface area contributed by atoms with E-state index in [9.17, 15) is 32.4 Å². The van der Waals surface area contributed by atoms with Crippen molar-refractivity contribution >= 4 is 39.4 Å². The zero-order chi connectivity index (χ0) is 38.9. The summed E-state index contributed by atoms with van der Waals surface area (Å²) in [6.07, 6.45) is 9.49. The SMILES string of the molecule is C=CCNC(=O)C(=O)C(CC1CC1)NC(=O)C12CC1(CC)C(CC)CN2C(=O)[C@@H](NC(=O)NC1(CS(=O)(=O)C(C)(C)CC)CCCCC1)C(C)(C)C. The van der Waals surface area contributed by atoms with Crippen molar-refractivity contribution in [1.82, 2.24) is 26.2 Å². The van der Waals surface area contributed by atoms with Crippen LogP contribution in [0.3, 0.4) is 0 Å². The lowest BCUT2D eigenvalue weighted by atomic mass is 9.83. The van der Waals surface area contributed by atoms with Gasteiger partial charge in [0.05, 0.1) is 22.1 Å². The molecule has 4 rings (SSSR count). The van der Waals surface area contributed by atoms with Crippen LogP contribution >= 0.6 is 0 Å². The lowest BCUT2D eigenvalue weighted by Gasteiger charge is -2.41. The van der Waals surface area contributed by atoms with Gasteiger partial charge in [0.1, 0.15) is 11.6 Å². The second-order valence-corrected chi connectivity index (χ2v) is 20.4. The molecule has 52 heavy (non-hydrogen) atoms. The highest BCUT2D eigenvalue weighted by Crippen LogP contribution is 2.71. The number of ketones is 1. The van der Waals surface area contributed by atoms with Crippen molar-refractivity contribution in [2.45, 2.75) is 160 Å². The van der Waals surface area contributed by atoms with E-state index in [1.165, 1.54) is 6.08 Å². The Morgan fingerprint density at radius 1 is 0.962 bits per heavy atom. The monoisotopic (exact) mass is 747 g/mol. The maximum Gasteiger partial charge on any atom is 0.315 e. The quantitative estimate of drug-likeness (QED) is 0.125. The predicted molar refractivity (Wildman–Crippen MR) is 202 cm³/mol. The van der Waals surface area contributed by atoms with E-state index in [1.807, 2.05) is 41.5 Å². The number of hydrogen-bond acceptors (Lipinski definition) is 7. The highest BCUT2D eigenvalue weighted by molar-refractivity contribution is 7.92. The molecule has 0 bridgehead atoms. The standard InChI is InChI=1S/C39H65N5O7S/c1-10-21-40-31(46)29(45)28(22-26-17-18-26)41-33(48)39-24-38(39,13-4)27(11-2)23-44(39)32(47)30(35(5,6)7)42-34(49)43-37(19-15-14-16-20-37)25-52(50,51)36(8,9)12-3/h10,26-28,30H,1,11-25H2,2-9H3,(H,40,46)(H,41,48)(H2,42,43,49)/t27?,28?,30-,38?,39?/m1/s1. The summed E-state index contributed by atoms with van der Waals surface area (Å²) in [5, 5.41) is 11.5. The minimum atomic E-state index is -3.58. The number of nitrogens with zero attached hydrogens (tertiary/aromatic N) is 1. The number of nitrogens with one attached hydrogen (secondary N) is 4. The summed E-state index contributed by atoms with van der Waals surface area (Å²) >= 11 is 0. The minimum absolute atomic E-state index is 0.0211. The molecule has 3 saturated carbocycles. The minimum Gasteiger partial charge on any atom is -0.346 e. The molecule has 3 aliphatic carbocycles. The van der Waals surface area contributed by atoms with Crippen molar-refractivity contribution in [3.63, 3.8) is 0 Å². The van der Waals surface area contributed by atoms with Crippen molar-refractivity contribution in [1.29, 1.82) is 0 Å². The highest BCUT2D eigenvalue weighted by atomic mass is 32.2. The molecule has 0 spiro atoms. The molecular weight excluding hydrogens is 683 g/mol. The molecule has 0 radical (unpaired) electrons. The molecule has 5 atom stereocenters. The number of hydrogen-bond donors (Lipinski definition) is 4. The van der Waals surface area contributed by atoms with E-state index in [2.05, 4.69) is 27.8 Å². The highest BCUT2D eigenvalue weighted by Gasteiger charge is 2.81. The van der Waals surface area contributed by atoms with E-state index in [0.29, 0.717) is 45.1 Å². The van der Waals surface area contributed by atoms with Crippen LogP contribution in [0.15, 0.2) is 12.7 Å². The second-order valence-electron chi connectivity index (χ2n) is 17.8. The Morgan fingerprint density at radius 2 is 1.60 bits per heavy atom. The molecular formula is C39H65N5O7S. The van der Waals surface area contributed by atoms with Gasteiger partial charge in [0.15, 0.2) is 9.84 Å². The van der Waals surface area contributed by atoms with E-state index in [0.717, 1.165) is 38.5 Å². The van der Waals surface area contributed by atoms with Crippen molar-refractivity contribution in [3.8, 4) is 0 Å². The van der Waals surface area contributed by atoms with Gasteiger partial charge in [-0.25, -0.2) is 13.2 Å². The number of piperidine rings is 1. The fourth-order valence-electron chi connectivity index (χ4n) is 8.87. The van der Waals surface area contributed by atoms with Gasteiger partial charge in [-0.2, -0.15) is 0 Å². The molecule has 4 aliphatic rings. The molecule has 0 aromatic rings. The fourth-order valence-corrected chi connectivity index (χ4v) is 10.8. The first-order chi connectivity index (χ1) is 24.2. The number of Topliss-reactive ketones (excluding diaryl/α,β-unsaturated/α-hetero) is 1. The third-order valence-electron chi connectivity index (χ3n) is 12.9. The number of fused-ring (bicyclic) bond motifs is 1. The first-order valence-electron chi connectivity index (χ1n) is 19.6. The van der Waals surface area contributed by atoms with E-state index in [4.69, 9.17) is 0 Å². The van der Waals surface area contributed by atoms with E-state index in [1.54, 1.807) is 18.7 Å². The summed E-state index contributed by atoms with van der Waals surface area (Å²) < 4.78 is 26.3. The van der Waals surface area contributed by atoms with E-state index < -0.39 is 78.1 Å². The summed E-state index contributed by atoms with van der Waals surface area (Å²) in [4.78, 5) is 71.1. The zero-order valence-corrected chi connectivity index (χ0v) is 33.7. The van der Waals surface area contributed by atoms with Crippen LogP contribution in [0.25, 0.3) is 0 Å². The van der Waals surface area contributed by atoms with Gasteiger partial charge in [-0.1, -0.05) is 86.1 Å². The number of sulfone groups is 1. The number of rotatable bonds is 17. The van der Waals surface area contributed by atoms with Crippen molar-refractivity contribution < 1.29 is 32.4 Å². The van der Waals surface area contributed by atoms with Gasteiger partial charge in [-0.15, -0.1) is 6.58 Å². The maximum absolute atomic E-state index is 14.9. The molecule has 12 nitrogen and oxygen atoms in total. The first kappa shape index (κ1) is 41.8. The Hall–Kier alpha value is -2.96.